The van der Waals surface area contributed by atoms with E-state index in [-0.39, 0.29) is 0 Å². The quantitative estimate of drug-likeness (QED) is 0.481. The van der Waals surface area contributed by atoms with Crippen LogP contribution in [0.2, 0.25) is 0 Å². The highest BCUT2D eigenvalue weighted by Gasteiger charge is 2.09. The van der Waals surface area contributed by atoms with Crippen LogP contribution in [0.15, 0.2) is 24.3 Å². The first kappa shape index (κ1) is 7.47. The zero-order valence-electron chi connectivity index (χ0n) is 6.32. The van der Waals surface area contributed by atoms with Gasteiger partial charge in [-0.25, -0.2) is 10.1 Å². The van der Waals surface area contributed by atoms with Crippen molar-refractivity contribution in [3.63, 3.8) is 0 Å². The molecule has 1 heterocycles. The van der Waals surface area contributed by atoms with Crippen molar-refractivity contribution in [3.8, 4) is 0 Å². The van der Waals surface area contributed by atoms with Crippen LogP contribution in [0.4, 0.5) is 0 Å². The van der Waals surface area contributed by atoms with Gasteiger partial charge < -0.3 is 0 Å². The minimum Gasteiger partial charge on any atom is -0.218 e. The standard InChI is InChI=1S/C6H4N4O3/c11-10(12)13-9-6-4-2-1-3-5(6)7-8-9/h1-4H. The van der Waals surface area contributed by atoms with E-state index in [1.807, 2.05) is 0 Å². The van der Waals surface area contributed by atoms with Crippen molar-refractivity contribution in [3.05, 3.63) is 34.4 Å². The fraction of sp³-hybridized carbons (Fsp3) is 0. The Bertz CT molecular complexity index is 452. The van der Waals surface area contributed by atoms with E-state index >= 15 is 0 Å². The molecule has 0 aliphatic carbocycles. The maximum Gasteiger partial charge on any atom is 0.213 e. The number of aromatic nitrogens is 3. The number of hydrogen-bond acceptors (Lipinski definition) is 5. The molecule has 2 rings (SSSR count). The SMILES string of the molecule is O=[N+]([O-])On1nnc2ccccc21. The average molecular weight is 180 g/mol. The van der Waals surface area contributed by atoms with Crippen LogP contribution >= 0.6 is 0 Å². The molecule has 0 aliphatic rings. The van der Waals surface area contributed by atoms with Gasteiger partial charge in [0.2, 0.25) is 5.52 Å². The molecule has 7 nitrogen and oxygen atoms in total. The van der Waals surface area contributed by atoms with Crippen molar-refractivity contribution < 1.29 is 10.0 Å². The summed E-state index contributed by atoms with van der Waals surface area (Å²) in [7, 11) is 0. The lowest BCUT2D eigenvalue weighted by Crippen LogP contribution is -2.18. The Balaban J connectivity index is 2.51. The van der Waals surface area contributed by atoms with E-state index in [0.717, 1.165) is 4.85 Å². The van der Waals surface area contributed by atoms with Gasteiger partial charge in [-0.3, -0.25) is 0 Å². The van der Waals surface area contributed by atoms with Gasteiger partial charge in [0.1, 0.15) is 5.52 Å². The molecule has 13 heavy (non-hydrogen) atoms. The molecule has 0 aliphatic heterocycles. The van der Waals surface area contributed by atoms with Gasteiger partial charge >= 0.3 is 0 Å². The van der Waals surface area contributed by atoms with Gasteiger partial charge in [-0.2, -0.15) is 4.94 Å². The Labute approximate surface area is 71.6 Å². The molecule has 0 N–H and O–H groups in total. The smallest absolute Gasteiger partial charge is 0.213 e. The molecule has 1 aromatic heterocycles. The van der Waals surface area contributed by atoms with Crippen LogP contribution in [0.1, 0.15) is 0 Å². The highest BCUT2D eigenvalue weighted by atomic mass is 17.0. The van der Waals surface area contributed by atoms with Gasteiger partial charge in [-0.05, 0) is 12.1 Å². The number of benzene rings is 1. The van der Waals surface area contributed by atoms with Crippen LogP contribution in [-0.4, -0.2) is 20.2 Å². The van der Waals surface area contributed by atoms with Crippen molar-refractivity contribution >= 4 is 11.0 Å². The molecule has 7 heteroatoms. The van der Waals surface area contributed by atoms with E-state index in [1.54, 1.807) is 24.3 Å². The third kappa shape index (κ3) is 1.26. The highest BCUT2D eigenvalue weighted by molar-refractivity contribution is 5.73. The first-order valence-electron chi connectivity index (χ1n) is 3.40. The number of nitrogens with zero attached hydrogens (tertiary/aromatic N) is 4. The zero-order valence-corrected chi connectivity index (χ0v) is 6.32. The van der Waals surface area contributed by atoms with Crippen LogP contribution < -0.4 is 4.94 Å². The zero-order chi connectivity index (χ0) is 9.26. The van der Waals surface area contributed by atoms with Gasteiger partial charge in [0.05, 0.1) is 5.21 Å². The molecule has 0 atom stereocenters. The molecule has 0 fully saturated rings. The summed E-state index contributed by atoms with van der Waals surface area (Å²) in [6.07, 6.45) is 0. The Hall–Kier alpha value is -2.18. The van der Waals surface area contributed by atoms with E-state index in [0.29, 0.717) is 11.0 Å². The second-order valence-corrected chi connectivity index (χ2v) is 2.26. The number of rotatable bonds is 2. The summed E-state index contributed by atoms with van der Waals surface area (Å²) in [5.41, 5.74) is 1.00. The molecule has 1 aromatic carbocycles. The fourth-order valence-electron chi connectivity index (χ4n) is 0.971. The van der Waals surface area contributed by atoms with E-state index in [4.69, 9.17) is 0 Å². The number of para-hydroxylation sites is 1. The Kier molecular flexibility index (Phi) is 1.55. The summed E-state index contributed by atoms with van der Waals surface area (Å²) >= 11 is 0. The van der Waals surface area contributed by atoms with Crippen LogP contribution in [-0.2, 0) is 0 Å². The largest absolute Gasteiger partial charge is 0.218 e. The lowest BCUT2D eigenvalue weighted by Gasteiger charge is -1.93. The first-order valence-corrected chi connectivity index (χ1v) is 3.40. The monoisotopic (exact) mass is 180 g/mol. The molecule has 0 amide bonds. The summed E-state index contributed by atoms with van der Waals surface area (Å²) < 4.78 is 0. The van der Waals surface area contributed by atoms with E-state index in [2.05, 4.69) is 15.3 Å². The molecule has 0 unspecified atom stereocenters. The van der Waals surface area contributed by atoms with Crippen molar-refractivity contribution in [2.45, 2.75) is 0 Å². The summed E-state index contributed by atoms with van der Waals surface area (Å²) in [4.78, 5) is 14.9. The van der Waals surface area contributed by atoms with Crippen molar-refractivity contribution in [2.75, 3.05) is 0 Å². The molecule has 0 saturated heterocycles. The highest BCUT2D eigenvalue weighted by Crippen LogP contribution is 2.07. The topological polar surface area (TPSA) is 83.1 Å². The fourth-order valence-corrected chi connectivity index (χ4v) is 0.971. The maximum atomic E-state index is 10.0. The van der Waals surface area contributed by atoms with Crippen molar-refractivity contribution in [1.82, 2.24) is 15.2 Å². The summed E-state index contributed by atoms with van der Waals surface area (Å²) in [5.74, 6) is 0. The predicted octanol–water partition coefficient (Wildman–Crippen LogP) is 0.0516. The minimum atomic E-state index is -0.943. The van der Waals surface area contributed by atoms with Crippen LogP contribution in [0.25, 0.3) is 11.0 Å². The van der Waals surface area contributed by atoms with E-state index in [1.165, 1.54) is 0 Å². The van der Waals surface area contributed by atoms with E-state index in [9.17, 15) is 10.1 Å². The number of fused-ring (bicyclic) bond motifs is 1. The van der Waals surface area contributed by atoms with Crippen LogP contribution in [0, 0.1) is 10.1 Å². The number of hydrogen-bond donors (Lipinski definition) is 0. The molecule has 66 valence electrons. The first-order chi connectivity index (χ1) is 6.27. The van der Waals surface area contributed by atoms with Gasteiger partial charge in [0, 0.05) is 4.85 Å². The Morgan fingerprint density at radius 2 is 2.23 bits per heavy atom. The molecule has 0 radical (unpaired) electrons. The van der Waals surface area contributed by atoms with Crippen molar-refractivity contribution in [1.29, 1.82) is 0 Å². The van der Waals surface area contributed by atoms with Crippen molar-refractivity contribution in [2.24, 2.45) is 0 Å². The molecule has 0 bridgehead atoms. The summed E-state index contributed by atoms with van der Waals surface area (Å²) in [5, 5.41) is 16.2. The molecule has 0 spiro atoms. The average Bonchev–Trinajstić information content (AvgIpc) is 2.48. The molecule has 2 aromatic rings. The molecular formula is C6H4N4O3. The maximum absolute atomic E-state index is 10.0. The molecular weight excluding hydrogens is 176 g/mol. The molecule has 0 saturated carbocycles. The van der Waals surface area contributed by atoms with Gasteiger partial charge in [0.15, 0.2) is 5.09 Å². The Morgan fingerprint density at radius 1 is 1.46 bits per heavy atom. The third-order valence-electron chi connectivity index (χ3n) is 1.47. The Morgan fingerprint density at radius 3 is 3.00 bits per heavy atom. The third-order valence-corrected chi connectivity index (χ3v) is 1.47. The van der Waals surface area contributed by atoms with Crippen LogP contribution in [0.3, 0.4) is 0 Å². The van der Waals surface area contributed by atoms with E-state index < -0.39 is 5.09 Å². The normalized spacial score (nSPS) is 10.2. The van der Waals surface area contributed by atoms with Crippen LogP contribution in [0.5, 0.6) is 0 Å². The van der Waals surface area contributed by atoms with Gasteiger partial charge in [-0.1, -0.05) is 12.1 Å². The minimum absolute atomic E-state index is 0.458. The lowest BCUT2D eigenvalue weighted by atomic mass is 10.3. The lowest BCUT2D eigenvalue weighted by molar-refractivity contribution is -0.751. The van der Waals surface area contributed by atoms with Gasteiger partial charge in [0.25, 0.3) is 0 Å². The van der Waals surface area contributed by atoms with Gasteiger partial charge in [-0.15, -0.1) is 5.10 Å². The summed E-state index contributed by atoms with van der Waals surface area (Å²) in [6, 6.07) is 6.78. The second-order valence-electron chi connectivity index (χ2n) is 2.26. The predicted molar refractivity (Wildman–Crippen MR) is 41.1 cm³/mol. The summed E-state index contributed by atoms with van der Waals surface area (Å²) in [6.45, 7) is 0. The second kappa shape index (κ2) is 2.70.